The van der Waals surface area contributed by atoms with Gasteiger partial charge in [-0.15, -0.1) is 12.4 Å². The third kappa shape index (κ3) is 4.44. The van der Waals surface area contributed by atoms with Crippen LogP contribution in [-0.4, -0.2) is 29.9 Å². The molecule has 1 aliphatic rings. The van der Waals surface area contributed by atoms with Gasteiger partial charge in [-0.3, -0.25) is 4.79 Å². The van der Waals surface area contributed by atoms with E-state index in [9.17, 15) is 13.6 Å². The average molecular weight is 291 g/mol. The fraction of sp³-hybridized carbons (Fsp3) is 0.462. The molecular weight excluding hydrogens is 274 g/mol. The third-order valence-electron chi connectivity index (χ3n) is 3.09. The molecule has 0 spiro atoms. The van der Waals surface area contributed by atoms with Crippen molar-refractivity contribution in [2.45, 2.75) is 25.3 Å². The first-order chi connectivity index (χ1) is 8.54. The highest BCUT2D eigenvalue weighted by molar-refractivity contribution is 5.85. The number of amides is 1. The van der Waals surface area contributed by atoms with Crippen molar-refractivity contribution in [2.75, 3.05) is 13.1 Å². The van der Waals surface area contributed by atoms with Gasteiger partial charge in [0.2, 0.25) is 5.91 Å². The van der Waals surface area contributed by atoms with Gasteiger partial charge in [-0.2, -0.15) is 0 Å². The maximum atomic E-state index is 13.0. The summed E-state index contributed by atoms with van der Waals surface area (Å²) in [5.74, 6) is -1.45. The van der Waals surface area contributed by atoms with E-state index in [0.29, 0.717) is 18.7 Å². The largest absolute Gasteiger partial charge is 0.341 e. The van der Waals surface area contributed by atoms with Gasteiger partial charge in [0.15, 0.2) is 0 Å². The van der Waals surface area contributed by atoms with Gasteiger partial charge < -0.3 is 10.6 Å². The summed E-state index contributed by atoms with van der Waals surface area (Å²) in [7, 11) is 0. The summed E-state index contributed by atoms with van der Waals surface area (Å²) in [6.45, 7) is 1.20. The molecule has 19 heavy (non-hydrogen) atoms. The lowest BCUT2D eigenvalue weighted by Gasteiger charge is -2.30. The molecule has 0 aliphatic carbocycles. The zero-order valence-electron chi connectivity index (χ0n) is 10.4. The van der Waals surface area contributed by atoms with Gasteiger partial charge in [-0.1, -0.05) is 0 Å². The monoisotopic (exact) mass is 290 g/mol. The van der Waals surface area contributed by atoms with Gasteiger partial charge in [0.05, 0.1) is 6.42 Å². The Labute approximate surface area is 117 Å². The van der Waals surface area contributed by atoms with Gasteiger partial charge in [-0.05, 0) is 30.5 Å². The normalized spacial score (nSPS) is 18.9. The Morgan fingerprint density at radius 2 is 1.95 bits per heavy atom. The molecule has 1 amide bonds. The lowest BCUT2D eigenvalue weighted by molar-refractivity contribution is -0.131. The van der Waals surface area contributed by atoms with E-state index in [1.54, 1.807) is 4.90 Å². The number of nitrogens with two attached hydrogens (primary N) is 1. The second-order valence-electron chi connectivity index (χ2n) is 4.70. The van der Waals surface area contributed by atoms with Crippen LogP contribution in [0.3, 0.4) is 0 Å². The Hall–Kier alpha value is -1.20. The lowest BCUT2D eigenvalue weighted by atomic mass is 10.0. The van der Waals surface area contributed by atoms with E-state index in [-0.39, 0.29) is 30.8 Å². The first-order valence-electron chi connectivity index (χ1n) is 6.03. The zero-order chi connectivity index (χ0) is 13.1. The van der Waals surface area contributed by atoms with Crippen LogP contribution in [0.2, 0.25) is 0 Å². The Bertz CT molecular complexity index is 436. The fourth-order valence-electron chi connectivity index (χ4n) is 2.24. The predicted molar refractivity (Wildman–Crippen MR) is 71.1 cm³/mol. The molecule has 1 saturated heterocycles. The molecule has 1 aromatic carbocycles. The minimum atomic E-state index is -0.659. The zero-order valence-corrected chi connectivity index (χ0v) is 11.3. The molecule has 1 heterocycles. The van der Waals surface area contributed by atoms with E-state index in [1.165, 1.54) is 12.1 Å². The number of hydrogen-bond donors (Lipinski definition) is 1. The molecule has 1 atom stereocenters. The van der Waals surface area contributed by atoms with E-state index < -0.39 is 11.6 Å². The number of rotatable bonds is 2. The Balaban J connectivity index is 0.00000180. The summed E-state index contributed by atoms with van der Waals surface area (Å²) in [5.41, 5.74) is 6.15. The smallest absolute Gasteiger partial charge is 0.227 e. The van der Waals surface area contributed by atoms with E-state index in [1.807, 2.05) is 0 Å². The van der Waals surface area contributed by atoms with Gasteiger partial charge in [0.1, 0.15) is 11.6 Å². The van der Waals surface area contributed by atoms with Crippen LogP contribution in [0.5, 0.6) is 0 Å². The first kappa shape index (κ1) is 15.9. The van der Waals surface area contributed by atoms with Crippen LogP contribution in [0.25, 0.3) is 0 Å². The molecule has 0 radical (unpaired) electrons. The molecule has 6 heteroatoms. The predicted octanol–water partition coefficient (Wildman–Crippen LogP) is 1.88. The highest BCUT2D eigenvalue weighted by Gasteiger charge is 2.21. The quantitative estimate of drug-likeness (QED) is 0.904. The fourth-order valence-corrected chi connectivity index (χ4v) is 2.24. The molecule has 106 valence electrons. The van der Waals surface area contributed by atoms with Crippen molar-refractivity contribution in [1.82, 2.24) is 4.90 Å². The number of likely N-dealkylation sites (tertiary alicyclic amines) is 1. The SMILES string of the molecule is Cl.N[C@@H]1CCCN(C(=O)Cc2cc(F)cc(F)c2)C1. The molecule has 1 fully saturated rings. The van der Waals surface area contributed by atoms with Crippen LogP contribution in [0.4, 0.5) is 8.78 Å². The van der Waals surface area contributed by atoms with Crippen molar-refractivity contribution in [3.63, 3.8) is 0 Å². The van der Waals surface area contributed by atoms with Crippen molar-refractivity contribution in [3.05, 3.63) is 35.4 Å². The summed E-state index contributed by atoms with van der Waals surface area (Å²) in [6, 6.07) is 3.17. The Kier molecular flexibility index (Phi) is 5.69. The molecule has 2 N–H and O–H groups in total. The van der Waals surface area contributed by atoms with Crippen LogP contribution < -0.4 is 5.73 Å². The number of halogens is 3. The van der Waals surface area contributed by atoms with Crippen molar-refractivity contribution in [3.8, 4) is 0 Å². The molecule has 0 unspecified atom stereocenters. The standard InChI is InChI=1S/C13H16F2N2O.ClH/c14-10-4-9(5-11(15)7-10)6-13(18)17-3-1-2-12(16)8-17;/h4-5,7,12H,1-3,6,8,16H2;1H/t12-;/m1./s1. The summed E-state index contributed by atoms with van der Waals surface area (Å²) in [4.78, 5) is 13.6. The highest BCUT2D eigenvalue weighted by Crippen LogP contribution is 2.13. The topological polar surface area (TPSA) is 46.3 Å². The third-order valence-corrected chi connectivity index (χ3v) is 3.09. The molecule has 2 rings (SSSR count). The summed E-state index contributed by atoms with van der Waals surface area (Å²) in [6.07, 6.45) is 1.81. The Morgan fingerprint density at radius 3 is 2.53 bits per heavy atom. The maximum Gasteiger partial charge on any atom is 0.227 e. The minimum Gasteiger partial charge on any atom is -0.341 e. The van der Waals surface area contributed by atoms with Crippen molar-refractivity contribution in [1.29, 1.82) is 0 Å². The maximum absolute atomic E-state index is 13.0. The average Bonchev–Trinajstić information content (AvgIpc) is 2.27. The molecular formula is C13H17ClF2N2O. The van der Waals surface area contributed by atoms with E-state index in [4.69, 9.17) is 5.73 Å². The molecule has 0 bridgehead atoms. The summed E-state index contributed by atoms with van der Waals surface area (Å²) in [5, 5.41) is 0. The number of piperidine rings is 1. The molecule has 1 aliphatic heterocycles. The number of benzene rings is 1. The summed E-state index contributed by atoms with van der Waals surface area (Å²) < 4.78 is 26.0. The number of hydrogen-bond acceptors (Lipinski definition) is 2. The molecule has 1 aromatic rings. The van der Waals surface area contributed by atoms with Crippen molar-refractivity contribution in [2.24, 2.45) is 5.73 Å². The second-order valence-corrected chi connectivity index (χ2v) is 4.70. The van der Waals surface area contributed by atoms with Crippen LogP contribution >= 0.6 is 12.4 Å². The lowest BCUT2D eigenvalue weighted by Crippen LogP contribution is -2.46. The first-order valence-corrected chi connectivity index (χ1v) is 6.03. The van der Waals surface area contributed by atoms with Crippen LogP contribution in [-0.2, 0) is 11.2 Å². The molecule has 3 nitrogen and oxygen atoms in total. The number of nitrogens with zero attached hydrogens (tertiary/aromatic N) is 1. The Morgan fingerprint density at radius 1 is 1.32 bits per heavy atom. The minimum absolute atomic E-state index is 0. The van der Waals surface area contributed by atoms with Crippen LogP contribution in [0, 0.1) is 11.6 Å². The second kappa shape index (κ2) is 6.82. The van der Waals surface area contributed by atoms with Crippen molar-refractivity contribution < 1.29 is 13.6 Å². The number of carbonyl (C=O) groups is 1. The van der Waals surface area contributed by atoms with E-state index in [2.05, 4.69) is 0 Å². The molecule has 0 aromatic heterocycles. The van der Waals surface area contributed by atoms with Gasteiger partial charge in [0.25, 0.3) is 0 Å². The van der Waals surface area contributed by atoms with Gasteiger partial charge in [-0.25, -0.2) is 8.78 Å². The van der Waals surface area contributed by atoms with Gasteiger partial charge >= 0.3 is 0 Å². The van der Waals surface area contributed by atoms with Crippen LogP contribution in [0.15, 0.2) is 18.2 Å². The summed E-state index contributed by atoms with van der Waals surface area (Å²) >= 11 is 0. The van der Waals surface area contributed by atoms with E-state index in [0.717, 1.165) is 18.9 Å². The van der Waals surface area contributed by atoms with Crippen LogP contribution in [0.1, 0.15) is 18.4 Å². The highest BCUT2D eigenvalue weighted by atomic mass is 35.5. The van der Waals surface area contributed by atoms with E-state index >= 15 is 0 Å². The number of carbonyl (C=O) groups excluding carboxylic acids is 1. The van der Waals surface area contributed by atoms with Crippen molar-refractivity contribution >= 4 is 18.3 Å². The molecule has 0 saturated carbocycles. The van der Waals surface area contributed by atoms with Gasteiger partial charge in [0, 0.05) is 25.2 Å².